The van der Waals surface area contributed by atoms with Crippen molar-refractivity contribution in [3.8, 4) is 0 Å². The predicted molar refractivity (Wildman–Crippen MR) is 80.4 cm³/mol. The molecule has 6 heteroatoms. The second-order valence-electron chi connectivity index (χ2n) is 4.62. The molecule has 0 bridgehead atoms. The highest BCUT2D eigenvalue weighted by Crippen LogP contribution is 2.11. The molecule has 1 atom stereocenters. The van der Waals surface area contributed by atoms with Crippen molar-refractivity contribution in [2.45, 2.75) is 26.3 Å². The minimum absolute atomic E-state index is 0.243. The number of carbonyl (C=O) groups excluding carboxylic acids is 1. The van der Waals surface area contributed by atoms with Crippen molar-refractivity contribution in [1.82, 2.24) is 10.6 Å². The normalized spacial score (nSPS) is 11.7. The molecule has 0 fully saturated rings. The Morgan fingerprint density at radius 1 is 1.35 bits per heavy atom. The molecule has 20 heavy (non-hydrogen) atoms. The maximum Gasteiger partial charge on any atom is 0.315 e. The van der Waals surface area contributed by atoms with Gasteiger partial charge in [0.25, 0.3) is 0 Å². The molecular weight excluding hydrogens is 324 g/mol. The lowest BCUT2D eigenvalue weighted by Crippen LogP contribution is -2.35. The molecule has 0 aromatic heterocycles. The van der Waals surface area contributed by atoms with E-state index in [-0.39, 0.29) is 11.9 Å². The number of halogens is 1. The first-order chi connectivity index (χ1) is 9.49. The van der Waals surface area contributed by atoms with Gasteiger partial charge in [0, 0.05) is 17.6 Å². The summed E-state index contributed by atoms with van der Waals surface area (Å²) in [6.45, 7) is 2.59. The first-order valence-corrected chi connectivity index (χ1v) is 7.27. The maximum absolute atomic E-state index is 11.5. The fourth-order valence-electron chi connectivity index (χ4n) is 1.63. The minimum Gasteiger partial charge on any atom is -0.481 e. The molecule has 2 amide bonds. The standard InChI is InChI=1S/C14H19BrN2O3/c1-10(13(18)19)4-3-7-16-14(20)17-9-11-5-2-6-12(15)8-11/h2,5-6,8,10H,3-4,7,9H2,1H3,(H,18,19)(H2,16,17,20). The second-order valence-corrected chi connectivity index (χ2v) is 5.54. The van der Waals surface area contributed by atoms with Crippen molar-refractivity contribution in [2.24, 2.45) is 5.92 Å². The molecule has 5 nitrogen and oxygen atoms in total. The number of amides is 2. The van der Waals surface area contributed by atoms with Crippen LogP contribution in [0, 0.1) is 5.92 Å². The van der Waals surface area contributed by atoms with Crippen LogP contribution in [0.2, 0.25) is 0 Å². The van der Waals surface area contributed by atoms with E-state index in [0.717, 1.165) is 10.0 Å². The Bertz CT molecular complexity index is 465. The third-order valence-corrected chi connectivity index (χ3v) is 3.36. The topological polar surface area (TPSA) is 78.4 Å². The number of nitrogens with one attached hydrogen (secondary N) is 2. The monoisotopic (exact) mass is 342 g/mol. The van der Waals surface area contributed by atoms with E-state index in [4.69, 9.17) is 5.11 Å². The van der Waals surface area contributed by atoms with E-state index in [9.17, 15) is 9.59 Å². The van der Waals surface area contributed by atoms with Gasteiger partial charge < -0.3 is 15.7 Å². The summed E-state index contributed by atoms with van der Waals surface area (Å²) < 4.78 is 0.972. The SMILES string of the molecule is CC(CCCNC(=O)NCc1cccc(Br)c1)C(=O)O. The number of carboxylic acid groups (broad SMARTS) is 1. The summed E-state index contributed by atoms with van der Waals surface area (Å²) in [7, 11) is 0. The molecule has 0 aliphatic rings. The van der Waals surface area contributed by atoms with Gasteiger partial charge in [0.1, 0.15) is 0 Å². The van der Waals surface area contributed by atoms with Crippen LogP contribution >= 0.6 is 15.9 Å². The smallest absolute Gasteiger partial charge is 0.315 e. The maximum atomic E-state index is 11.5. The van der Waals surface area contributed by atoms with Crippen LogP contribution in [0.1, 0.15) is 25.3 Å². The summed E-state index contributed by atoms with van der Waals surface area (Å²) in [5.74, 6) is -1.18. The summed E-state index contributed by atoms with van der Waals surface area (Å²) in [6, 6.07) is 7.46. The highest BCUT2D eigenvalue weighted by Gasteiger charge is 2.09. The predicted octanol–water partition coefficient (Wildman–Crippen LogP) is 2.75. The van der Waals surface area contributed by atoms with Crippen LogP contribution in [0.4, 0.5) is 4.79 Å². The molecule has 110 valence electrons. The third kappa shape index (κ3) is 6.56. The van der Waals surface area contributed by atoms with Crippen LogP contribution in [-0.4, -0.2) is 23.7 Å². The van der Waals surface area contributed by atoms with Crippen molar-refractivity contribution in [2.75, 3.05) is 6.54 Å². The summed E-state index contributed by atoms with van der Waals surface area (Å²) in [5, 5.41) is 14.2. The van der Waals surface area contributed by atoms with Crippen LogP contribution < -0.4 is 10.6 Å². The molecule has 1 rings (SSSR count). The van der Waals surface area contributed by atoms with Crippen LogP contribution in [-0.2, 0) is 11.3 Å². The second kappa shape index (κ2) is 8.58. The summed E-state index contributed by atoms with van der Waals surface area (Å²) in [4.78, 5) is 22.1. The van der Waals surface area contributed by atoms with E-state index < -0.39 is 5.97 Å². The number of carboxylic acids is 1. The van der Waals surface area contributed by atoms with Crippen LogP contribution in [0.25, 0.3) is 0 Å². The zero-order chi connectivity index (χ0) is 15.0. The quantitative estimate of drug-likeness (QED) is 0.666. The number of benzene rings is 1. The van der Waals surface area contributed by atoms with Gasteiger partial charge in [0.05, 0.1) is 5.92 Å². The molecule has 3 N–H and O–H groups in total. The summed E-state index contributed by atoms with van der Waals surface area (Å²) >= 11 is 3.37. The molecule has 0 radical (unpaired) electrons. The Morgan fingerprint density at radius 3 is 2.75 bits per heavy atom. The van der Waals surface area contributed by atoms with Gasteiger partial charge in [0.15, 0.2) is 0 Å². The molecule has 0 spiro atoms. The highest BCUT2D eigenvalue weighted by atomic mass is 79.9. The van der Waals surface area contributed by atoms with Gasteiger partial charge in [-0.3, -0.25) is 4.79 Å². The molecule has 0 aliphatic heterocycles. The lowest BCUT2D eigenvalue weighted by Gasteiger charge is -2.09. The molecule has 1 aromatic rings. The number of aliphatic carboxylic acids is 1. The number of urea groups is 1. The average Bonchev–Trinajstić information content (AvgIpc) is 2.41. The minimum atomic E-state index is -0.802. The van der Waals surface area contributed by atoms with Gasteiger partial charge in [-0.25, -0.2) is 4.79 Å². The van der Waals surface area contributed by atoms with Gasteiger partial charge in [-0.05, 0) is 30.5 Å². The molecule has 0 aliphatic carbocycles. The molecule has 1 aromatic carbocycles. The summed E-state index contributed by atoms with van der Waals surface area (Å²) in [5.41, 5.74) is 1.01. The Labute approximate surface area is 126 Å². The van der Waals surface area contributed by atoms with E-state index in [2.05, 4.69) is 26.6 Å². The van der Waals surface area contributed by atoms with Gasteiger partial charge >= 0.3 is 12.0 Å². The zero-order valence-electron chi connectivity index (χ0n) is 11.4. The fourth-order valence-corrected chi connectivity index (χ4v) is 2.07. The third-order valence-electron chi connectivity index (χ3n) is 2.86. The van der Waals surface area contributed by atoms with Crippen molar-refractivity contribution in [3.63, 3.8) is 0 Å². The Kier molecular flexibility index (Phi) is 7.08. The first kappa shape index (κ1) is 16.5. The molecule has 0 saturated heterocycles. The van der Waals surface area contributed by atoms with Gasteiger partial charge in [-0.2, -0.15) is 0 Å². The van der Waals surface area contributed by atoms with Crippen molar-refractivity contribution < 1.29 is 14.7 Å². The first-order valence-electron chi connectivity index (χ1n) is 6.48. The molecule has 0 saturated carbocycles. The lowest BCUT2D eigenvalue weighted by molar-refractivity contribution is -0.141. The van der Waals surface area contributed by atoms with E-state index in [1.54, 1.807) is 6.92 Å². The van der Waals surface area contributed by atoms with E-state index in [1.165, 1.54) is 0 Å². The van der Waals surface area contributed by atoms with Gasteiger partial charge in [0.2, 0.25) is 0 Å². The number of hydrogen-bond acceptors (Lipinski definition) is 2. The number of rotatable bonds is 7. The number of hydrogen-bond donors (Lipinski definition) is 3. The van der Waals surface area contributed by atoms with Gasteiger partial charge in [-0.15, -0.1) is 0 Å². The zero-order valence-corrected chi connectivity index (χ0v) is 12.9. The Hall–Kier alpha value is -1.56. The summed E-state index contributed by atoms with van der Waals surface area (Å²) in [6.07, 6.45) is 1.21. The van der Waals surface area contributed by atoms with Crippen molar-refractivity contribution in [3.05, 3.63) is 34.3 Å². The van der Waals surface area contributed by atoms with Crippen molar-refractivity contribution in [1.29, 1.82) is 0 Å². The van der Waals surface area contributed by atoms with Crippen molar-refractivity contribution >= 4 is 27.9 Å². The van der Waals surface area contributed by atoms with Crippen LogP contribution in [0.5, 0.6) is 0 Å². The molecule has 0 heterocycles. The Balaban J connectivity index is 2.16. The average molecular weight is 343 g/mol. The Morgan fingerprint density at radius 2 is 2.10 bits per heavy atom. The molecule has 1 unspecified atom stereocenters. The molecular formula is C14H19BrN2O3. The van der Waals surface area contributed by atoms with Gasteiger partial charge in [-0.1, -0.05) is 35.0 Å². The van der Waals surface area contributed by atoms with Crippen LogP contribution in [0.15, 0.2) is 28.7 Å². The van der Waals surface area contributed by atoms with E-state index in [0.29, 0.717) is 25.9 Å². The van der Waals surface area contributed by atoms with E-state index in [1.807, 2.05) is 24.3 Å². The number of carbonyl (C=O) groups is 2. The highest BCUT2D eigenvalue weighted by molar-refractivity contribution is 9.10. The largest absolute Gasteiger partial charge is 0.481 e. The van der Waals surface area contributed by atoms with E-state index >= 15 is 0 Å². The fraction of sp³-hybridized carbons (Fsp3) is 0.429. The lowest BCUT2D eigenvalue weighted by atomic mass is 10.1. The van der Waals surface area contributed by atoms with Crippen LogP contribution in [0.3, 0.4) is 0 Å².